The molecule has 1 aliphatic heterocycles. The van der Waals surface area contributed by atoms with E-state index in [0.29, 0.717) is 31.6 Å². The highest BCUT2D eigenvalue weighted by molar-refractivity contribution is 6.53. The average molecular weight is 693 g/mol. The van der Waals surface area contributed by atoms with Crippen LogP contribution in [0.5, 0.6) is 0 Å². The van der Waals surface area contributed by atoms with Crippen LogP contribution in [0.4, 0.5) is 32.0 Å². The number of benzene rings is 3. The summed E-state index contributed by atoms with van der Waals surface area (Å²) in [4.78, 5) is 38.7. The van der Waals surface area contributed by atoms with Gasteiger partial charge in [0.15, 0.2) is 11.6 Å². The van der Waals surface area contributed by atoms with Gasteiger partial charge in [0.1, 0.15) is 27.9 Å². The van der Waals surface area contributed by atoms with Crippen molar-refractivity contribution in [3.8, 4) is 0 Å². The standard InChI is InChI=1S/C31H22Cl3F6NO4/c32-20-6-5-16(41-29(44)27-26(30(27,33)34)14-3-8-22(36)19(10-14)31(38,39)40)12-17(20)23(42)11-15-4-7-21(35)18(28(15)37)13-24(43)25-2-1-9-45-25/h3-8,10,12,25-27H,1-2,9,11,13H2,(H,41,44)/t25?,26-,27+/m0/s1. The van der Waals surface area contributed by atoms with Crippen LogP contribution in [0.2, 0.25) is 5.02 Å². The van der Waals surface area contributed by atoms with Gasteiger partial charge in [-0.2, -0.15) is 13.2 Å². The van der Waals surface area contributed by atoms with E-state index in [1.54, 1.807) is 0 Å². The second kappa shape index (κ2) is 12.6. The van der Waals surface area contributed by atoms with Gasteiger partial charge in [0.2, 0.25) is 5.91 Å². The number of nitrogens with one attached hydrogen (secondary N) is 1. The number of alkyl halides is 5. The largest absolute Gasteiger partial charge is 0.419 e. The molecule has 45 heavy (non-hydrogen) atoms. The lowest BCUT2D eigenvalue weighted by Gasteiger charge is -2.13. The Morgan fingerprint density at radius 1 is 0.956 bits per heavy atom. The number of carbonyl (C=O) groups is 3. The van der Waals surface area contributed by atoms with Crippen LogP contribution in [0.15, 0.2) is 48.5 Å². The number of Topliss-reactive ketones (excluding diaryl/α,β-unsaturated/α-hetero) is 2. The normalized spacial score (nSPS) is 20.6. The topological polar surface area (TPSA) is 72.5 Å². The molecule has 1 saturated carbocycles. The molecule has 1 saturated heterocycles. The fourth-order valence-corrected chi connectivity index (χ4v) is 6.44. The summed E-state index contributed by atoms with van der Waals surface area (Å²) in [6.07, 6.45) is -5.73. The van der Waals surface area contributed by atoms with E-state index in [2.05, 4.69) is 5.32 Å². The van der Waals surface area contributed by atoms with E-state index in [1.807, 2.05) is 0 Å². The molecule has 2 fully saturated rings. The minimum Gasteiger partial charge on any atom is -0.370 e. The number of amides is 1. The molecule has 1 heterocycles. The molecular weight excluding hydrogens is 671 g/mol. The lowest BCUT2D eigenvalue weighted by atomic mass is 9.96. The van der Waals surface area contributed by atoms with Gasteiger partial charge in [0.25, 0.3) is 0 Å². The fourth-order valence-electron chi connectivity index (χ4n) is 5.39. The summed E-state index contributed by atoms with van der Waals surface area (Å²) in [6.45, 7) is 0.382. The SMILES string of the molecule is O=C(Cc1ccc(F)c(CC(=O)C2CCCO2)c1F)c1cc(NC(=O)[C@H]2[C@H](c3ccc(F)c(C(F)(F)F)c3)C2(Cl)Cl)ccc1Cl. The Morgan fingerprint density at radius 2 is 1.67 bits per heavy atom. The highest BCUT2D eigenvalue weighted by Gasteiger charge is 2.67. The molecule has 5 rings (SSSR count). The average Bonchev–Trinajstić information content (AvgIpc) is 3.27. The van der Waals surface area contributed by atoms with Crippen molar-refractivity contribution in [1.29, 1.82) is 0 Å². The Morgan fingerprint density at radius 3 is 2.33 bits per heavy atom. The van der Waals surface area contributed by atoms with Crippen LogP contribution in [0.1, 0.15) is 51.4 Å². The monoisotopic (exact) mass is 691 g/mol. The van der Waals surface area contributed by atoms with Crippen LogP contribution in [0, 0.1) is 23.4 Å². The van der Waals surface area contributed by atoms with Gasteiger partial charge in [-0.05, 0) is 60.4 Å². The minimum atomic E-state index is -4.99. The zero-order chi connectivity index (χ0) is 32.8. The second-order valence-corrected chi connectivity index (χ2v) is 12.6. The number of rotatable bonds is 9. The first-order valence-electron chi connectivity index (χ1n) is 13.6. The summed E-state index contributed by atoms with van der Waals surface area (Å²) in [6, 6.07) is 8.07. The first-order valence-corrected chi connectivity index (χ1v) is 14.7. The van der Waals surface area contributed by atoms with E-state index in [0.717, 1.165) is 18.2 Å². The minimum absolute atomic E-state index is 0.0417. The number of ketones is 2. The zero-order valence-electron chi connectivity index (χ0n) is 22.9. The zero-order valence-corrected chi connectivity index (χ0v) is 25.2. The van der Waals surface area contributed by atoms with E-state index in [1.165, 1.54) is 18.2 Å². The highest BCUT2D eigenvalue weighted by atomic mass is 35.5. The highest BCUT2D eigenvalue weighted by Crippen LogP contribution is 2.65. The van der Waals surface area contributed by atoms with Crippen molar-refractivity contribution in [2.75, 3.05) is 11.9 Å². The molecule has 1 aliphatic carbocycles. The summed E-state index contributed by atoms with van der Waals surface area (Å²) >= 11 is 18.7. The third kappa shape index (κ3) is 6.86. The van der Waals surface area contributed by atoms with Crippen LogP contribution in [0.25, 0.3) is 0 Å². The molecular formula is C31H22Cl3F6NO4. The number of hydrogen-bond donors (Lipinski definition) is 1. The van der Waals surface area contributed by atoms with Crippen molar-refractivity contribution < 1.29 is 45.5 Å². The van der Waals surface area contributed by atoms with E-state index in [4.69, 9.17) is 39.5 Å². The van der Waals surface area contributed by atoms with Crippen LogP contribution in [0.3, 0.4) is 0 Å². The smallest absolute Gasteiger partial charge is 0.370 e. The van der Waals surface area contributed by atoms with E-state index < -0.39 is 87.3 Å². The lowest BCUT2D eigenvalue weighted by Crippen LogP contribution is -2.23. The Kier molecular flexibility index (Phi) is 9.30. The molecule has 3 aromatic carbocycles. The Bertz CT molecular complexity index is 1690. The Labute approximate surface area is 267 Å². The first-order chi connectivity index (χ1) is 21.1. The molecule has 2 aliphatic rings. The molecule has 0 aromatic heterocycles. The van der Waals surface area contributed by atoms with E-state index in [-0.39, 0.29) is 27.4 Å². The van der Waals surface area contributed by atoms with Crippen LogP contribution in [-0.2, 0) is 33.3 Å². The second-order valence-electron chi connectivity index (χ2n) is 10.8. The van der Waals surface area contributed by atoms with Gasteiger partial charge >= 0.3 is 6.18 Å². The fraction of sp³-hybridized carbons (Fsp3) is 0.323. The molecule has 0 bridgehead atoms. The molecule has 5 nitrogen and oxygen atoms in total. The molecule has 238 valence electrons. The van der Waals surface area contributed by atoms with Crippen molar-refractivity contribution in [1.82, 2.24) is 0 Å². The molecule has 1 unspecified atom stereocenters. The number of hydrogen-bond acceptors (Lipinski definition) is 4. The van der Waals surface area contributed by atoms with Crippen LogP contribution < -0.4 is 5.32 Å². The number of halogens is 9. The number of anilines is 1. The van der Waals surface area contributed by atoms with Gasteiger partial charge in [-0.15, -0.1) is 23.2 Å². The molecule has 0 spiro atoms. The van der Waals surface area contributed by atoms with E-state index >= 15 is 4.39 Å². The quantitative estimate of drug-likeness (QED) is 0.140. The summed E-state index contributed by atoms with van der Waals surface area (Å²) in [5, 5.41) is 2.44. The maximum Gasteiger partial charge on any atom is 0.419 e. The molecule has 3 aromatic rings. The van der Waals surface area contributed by atoms with Gasteiger partial charge in [-0.25, -0.2) is 13.2 Å². The first kappa shape index (κ1) is 33.2. The van der Waals surface area contributed by atoms with Gasteiger partial charge < -0.3 is 10.1 Å². The Balaban J connectivity index is 1.31. The number of ether oxygens (including phenoxy) is 1. The molecule has 14 heteroatoms. The predicted molar refractivity (Wildman–Crippen MR) is 154 cm³/mol. The summed E-state index contributed by atoms with van der Waals surface area (Å²) in [5.41, 5.74) is -2.39. The molecule has 0 radical (unpaired) electrons. The van der Waals surface area contributed by atoms with Crippen molar-refractivity contribution in [2.45, 2.75) is 48.2 Å². The van der Waals surface area contributed by atoms with E-state index in [9.17, 15) is 36.3 Å². The van der Waals surface area contributed by atoms with Crippen molar-refractivity contribution in [2.24, 2.45) is 5.92 Å². The van der Waals surface area contributed by atoms with Crippen molar-refractivity contribution >= 4 is 58.0 Å². The maximum absolute atomic E-state index is 15.3. The molecule has 1 N–H and O–H groups in total. The summed E-state index contributed by atoms with van der Waals surface area (Å²) < 4.78 is 86.6. The van der Waals surface area contributed by atoms with Crippen molar-refractivity contribution in [3.63, 3.8) is 0 Å². The van der Waals surface area contributed by atoms with Gasteiger partial charge in [0, 0.05) is 42.2 Å². The van der Waals surface area contributed by atoms with Crippen LogP contribution in [-0.4, -0.2) is 34.5 Å². The van der Waals surface area contributed by atoms with Gasteiger partial charge in [-0.3, -0.25) is 14.4 Å². The number of carbonyl (C=O) groups excluding carboxylic acids is 3. The molecule has 3 atom stereocenters. The predicted octanol–water partition coefficient (Wildman–Crippen LogP) is 8.02. The third-order valence-corrected chi connectivity index (χ3v) is 9.05. The summed E-state index contributed by atoms with van der Waals surface area (Å²) in [7, 11) is 0. The summed E-state index contributed by atoms with van der Waals surface area (Å²) in [5.74, 6) is -7.79. The van der Waals surface area contributed by atoms with Gasteiger partial charge in [0.05, 0.1) is 16.5 Å². The lowest BCUT2D eigenvalue weighted by molar-refractivity contribution is -0.140. The Hall–Kier alpha value is -3.12. The maximum atomic E-state index is 15.3. The van der Waals surface area contributed by atoms with Crippen molar-refractivity contribution in [3.05, 3.63) is 98.8 Å². The van der Waals surface area contributed by atoms with Gasteiger partial charge in [-0.1, -0.05) is 23.7 Å². The molecule has 1 amide bonds. The third-order valence-electron chi connectivity index (χ3n) is 7.78. The van der Waals surface area contributed by atoms with Crippen LogP contribution >= 0.6 is 34.8 Å².